The average molecular weight is 423 g/mol. The van der Waals surface area contributed by atoms with Crippen LogP contribution in [0, 0.1) is 6.92 Å². The maximum absolute atomic E-state index is 13.2. The lowest BCUT2D eigenvalue weighted by molar-refractivity contribution is -0.143. The molecule has 0 aliphatic carbocycles. The van der Waals surface area contributed by atoms with Crippen LogP contribution in [-0.4, -0.2) is 29.4 Å². The first kappa shape index (κ1) is 21.1. The van der Waals surface area contributed by atoms with Gasteiger partial charge in [0.05, 0.1) is 5.02 Å². The molecule has 2 rings (SSSR count). The molecule has 0 bridgehead atoms. The van der Waals surface area contributed by atoms with Crippen molar-refractivity contribution in [1.82, 2.24) is 9.78 Å². The number of hydrogen-bond acceptors (Lipinski definition) is 1. The molecule has 1 aromatic carbocycles. The molecule has 0 spiro atoms. The van der Waals surface area contributed by atoms with Crippen molar-refractivity contribution in [2.24, 2.45) is 7.05 Å². The number of allylic oxidation sites excluding steroid dienone is 1. The quantitative estimate of drug-likeness (QED) is 0.497. The number of aromatic nitrogens is 2. The van der Waals surface area contributed by atoms with E-state index in [4.69, 9.17) is 23.2 Å². The van der Waals surface area contributed by atoms with Gasteiger partial charge in [-0.05, 0) is 55.8 Å². The van der Waals surface area contributed by atoms with Gasteiger partial charge in [-0.25, -0.2) is 0 Å². The minimum Gasteiger partial charge on any atom is -0.262 e. The molecule has 8 heteroatoms. The van der Waals surface area contributed by atoms with Gasteiger partial charge in [0.15, 0.2) is 5.69 Å². The van der Waals surface area contributed by atoms with Crippen molar-refractivity contribution in [3.63, 3.8) is 0 Å². The van der Waals surface area contributed by atoms with Gasteiger partial charge in [0.2, 0.25) is 0 Å². The van der Waals surface area contributed by atoms with Crippen LogP contribution in [0.5, 0.6) is 0 Å². The Labute approximate surface area is 161 Å². The second-order valence-electron chi connectivity index (χ2n) is 6.79. The summed E-state index contributed by atoms with van der Waals surface area (Å²) in [6.45, 7) is 6.42. The van der Waals surface area contributed by atoms with E-state index >= 15 is 0 Å². The van der Waals surface area contributed by atoms with E-state index in [0.717, 1.165) is 10.00 Å². The Hall–Kier alpha value is -1.16. The number of hydrogen-bond donors (Lipinski definition) is 0. The van der Waals surface area contributed by atoms with E-state index in [1.54, 1.807) is 19.1 Å². The van der Waals surface area contributed by atoms with E-state index in [1.165, 1.54) is 7.05 Å². The Morgan fingerprint density at radius 1 is 1.27 bits per heavy atom. The SMILES string of the molecule is C=P(C)(C)/C(C)=C/c1cc(-c2nn(C)c(C(F)(F)F)c2Cl)c(C)cc1Cl. The van der Waals surface area contributed by atoms with E-state index in [2.05, 4.69) is 24.7 Å². The third kappa shape index (κ3) is 4.21. The summed E-state index contributed by atoms with van der Waals surface area (Å²) in [5.74, 6) is 0. The molecule has 1 heterocycles. The van der Waals surface area contributed by atoms with Crippen LogP contribution in [0.2, 0.25) is 10.0 Å². The number of rotatable bonds is 3. The fourth-order valence-corrected chi connectivity index (χ4v) is 3.56. The molecule has 0 amide bonds. The summed E-state index contributed by atoms with van der Waals surface area (Å²) >= 11 is 12.4. The van der Waals surface area contributed by atoms with E-state index in [0.29, 0.717) is 21.7 Å². The number of benzene rings is 1. The molecule has 0 fully saturated rings. The Kier molecular flexibility index (Phi) is 5.78. The summed E-state index contributed by atoms with van der Waals surface area (Å²) in [5, 5.41) is 5.20. The number of nitrogens with zero attached hydrogens (tertiary/aromatic N) is 2. The van der Waals surface area contributed by atoms with Crippen molar-refractivity contribution >= 4 is 42.5 Å². The largest absolute Gasteiger partial charge is 0.434 e. The zero-order valence-corrected chi connectivity index (χ0v) is 17.6. The van der Waals surface area contributed by atoms with Crippen LogP contribution in [-0.2, 0) is 13.2 Å². The lowest BCUT2D eigenvalue weighted by atomic mass is 10.0. The second-order valence-corrected chi connectivity index (χ2v) is 11.7. The van der Waals surface area contributed by atoms with Crippen LogP contribution in [0.15, 0.2) is 17.4 Å². The molecule has 0 saturated heterocycles. The molecule has 1 aromatic heterocycles. The van der Waals surface area contributed by atoms with Gasteiger partial charge >= 0.3 is 6.18 Å². The summed E-state index contributed by atoms with van der Waals surface area (Å²) in [4.78, 5) is 0. The van der Waals surface area contributed by atoms with E-state index in [-0.39, 0.29) is 5.69 Å². The van der Waals surface area contributed by atoms with E-state index < -0.39 is 23.8 Å². The van der Waals surface area contributed by atoms with Crippen LogP contribution in [0.4, 0.5) is 13.2 Å². The van der Waals surface area contributed by atoms with Crippen LogP contribution in [0.1, 0.15) is 23.7 Å². The van der Waals surface area contributed by atoms with Crippen molar-refractivity contribution in [1.29, 1.82) is 0 Å². The predicted octanol–water partition coefficient (Wildman–Crippen LogP) is 6.79. The van der Waals surface area contributed by atoms with Crippen molar-refractivity contribution in [3.8, 4) is 11.3 Å². The van der Waals surface area contributed by atoms with Crippen molar-refractivity contribution < 1.29 is 13.2 Å². The van der Waals surface area contributed by atoms with E-state index in [9.17, 15) is 13.2 Å². The van der Waals surface area contributed by atoms with Gasteiger partial charge in [-0.15, -0.1) is 0 Å². The molecule has 0 radical (unpaired) electrons. The zero-order chi connectivity index (χ0) is 20.0. The fourth-order valence-electron chi connectivity index (χ4n) is 2.43. The highest BCUT2D eigenvalue weighted by atomic mass is 35.5. The molecule has 0 unspecified atom stereocenters. The molecular weight excluding hydrogens is 403 g/mol. The molecule has 0 saturated carbocycles. The lowest BCUT2D eigenvalue weighted by Gasteiger charge is -2.15. The summed E-state index contributed by atoms with van der Waals surface area (Å²) in [6, 6.07) is 3.44. The maximum Gasteiger partial charge on any atom is 0.434 e. The summed E-state index contributed by atoms with van der Waals surface area (Å²) in [7, 11) is 1.23. The third-order valence-electron chi connectivity index (χ3n) is 4.18. The first-order valence-corrected chi connectivity index (χ1v) is 11.3. The number of halogens is 5. The smallest absolute Gasteiger partial charge is 0.262 e. The molecule has 2 nitrogen and oxygen atoms in total. The molecule has 2 aromatic rings. The topological polar surface area (TPSA) is 17.8 Å². The average Bonchev–Trinajstić information content (AvgIpc) is 2.75. The highest BCUT2D eigenvalue weighted by Gasteiger charge is 2.39. The van der Waals surface area contributed by atoms with Gasteiger partial charge < -0.3 is 0 Å². The zero-order valence-electron chi connectivity index (χ0n) is 15.2. The van der Waals surface area contributed by atoms with Gasteiger partial charge in [-0.2, -0.15) is 18.3 Å². The van der Waals surface area contributed by atoms with Gasteiger partial charge in [0.1, 0.15) is 5.69 Å². The van der Waals surface area contributed by atoms with Gasteiger partial charge in [0, 0.05) is 17.6 Å². The van der Waals surface area contributed by atoms with Crippen LogP contribution >= 0.6 is 30.1 Å². The molecule has 142 valence electrons. The molecule has 0 aliphatic heterocycles. The number of aryl methyl sites for hydroxylation is 2. The van der Waals surface area contributed by atoms with Crippen molar-refractivity contribution in [2.75, 3.05) is 13.3 Å². The summed E-state index contributed by atoms with van der Waals surface area (Å²) in [5.41, 5.74) is 1.04. The minimum absolute atomic E-state index is 0.0895. The summed E-state index contributed by atoms with van der Waals surface area (Å²) in [6.07, 6.45) is 1.53. The summed E-state index contributed by atoms with van der Waals surface area (Å²) < 4.78 is 40.4. The Balaban J connectivity index is 2.70. The predicted molar refractivity (Wildman–Crippen MR) is 108 cm³/mol. The molecule has 0 N–H and O–H groups in total. The highest BCUT2D eigenvalue weighted by Crippen LogP contribution is 2.47. The number of alkyl halides is 3. The maximum atomic E-state index is 13.2. The van der Waals surface area contributed by atoms with Gasteiger partial charge in [0.25, 0.3) is 0 Å². The molecule has 0 atom stereocenters. The molecule has 0 aliphatic rings. The van der Waals surface area contributed by atoms with E-state index in [1.807, 2.05) is 13.0 Å². The first-order valence-electron chi connectivity index (χ1n) is 7.71. The highest BCUT2D eigenvalue weighted by molar-refractivity contribution is 7.76. The third-order valence-corrected chi connectivity index (χ3v) is 6.90. The van der Waals surface area contributed by atoms with Crippen LogP contribution in [0.25, 0.3) is 17.3 Å². The normalized spacial score (nSPS) is 13.4. The lowest BCUT2D eigenvalue weighted by Crippen LogP contribution is -2.12. The van der Waals surface area contributed by atoms with Gasteiger partial charge in [-0.1, -0.05) is 42.5 Å². The standard InChI is InChI=1S/C18H20Cl2F3N2P/c1-10-7-14(19)12(8-11(2)26(4,5)6)9-13(10)16-15(20)17(18(21,22)23)25(3)24-16/h7-9H,4H2,1-3,5-6H3/b11-8+. The molecular formula is C18H20Cl2F3N2P. The van der Waals surface area contributed by atoms with Crippen molar-refractivity contribution in [2.45, 2.75) is 20.0 Å². The Morgan fingerprint density at radius 2 is 1.85 bits per heavy atom. The monoisotopic (exact) mass is 422 g/mol. The Bertz CT molecular complexity index is 937. The second kappa shape index (κ2) is 7.10. The minimum atomic E-state index is -4.58. The first-order chi connectivity index (χ1) is 11.7. The van der Waals surface area contributed by atoms with Gasteiger partial charge in [-0.3, -0.25) is 4.68 Å². The van der Waals surface area contributed by atoms with Crippen LogP contribution < -0.4 is 0 Å². The molecule has 26 heavy (non-hydrogen) atoms. The Morgan fingerprint density at radius 3 is 2.31 bits per heavy atom. The fraction of sp³-hybridized carbons (Fsp3) is 0.333. The van der Waals surface area contributed by atoms with Crippen molar-refractivity contribution in [3.05, 3.63) is 44.3 Å². The van der Waals surface area contributed by atoms with Crippen LogP contribution in [0.3, 0.4) is 0 Å².